The van der Waals surface area contributed by atoms with Gasteiger partial charge in [-0.3, -0.25) is 9.59 Å². The molecule has 1 aromatic rings. The summed E-state index contributed by atoms with van der Waals surface area (Å²) >= 11 is 0. The SMILES string of the molecule is CCOC(=O)CCCNC(=O)Cc1ccc(N)cc1. The molecule has 0 bridgehead atoms. The highest BCUT2D eigenvalue weighted by atomic mass is 16.5. The number of rotatable bonds is 7. The zero-order valence-electron chi connectivity index (χ0n) is 11.1. The summed E-state index contributed by atoms with van der Waals surface area (Å²) in [5.41, 5.74) is 7.16. The fourth-order valence-corrected chi connectivity index (χ4v) is 1.58. The standard InChI is InChI=1S/C14H20N2O3/c1-2-19-14(18)4-3-9-16-13(17)10-11-5-7-12(15)8-6-11/h5-8H,2-4,9-10,15H2,1H3,(H,16,17). The normalized spacial score (nSPS) is 9.95. The Bertz CT molecular complexity index is 415. The van der Waals surface area contributed by atoms with Gasteiger partial charge in [-0.1, -0.05) is 12.1 Å². The largest absolute Gasteiger partial charge is 0.466 e. The van der Waals surface area contributed by atoms with Crippen LogP contribution in [0.25, 0.3) is 0 Å². The third-order valence-electron chi connectivity index (χ3n) is 2.53. The molecule has 0 atom stereocenters. The van der Waals surface area contributed by atoms with Crippen molar-refractivity contribution in [3.8, 4) is 0 Å². The summed E-state index contributed by atoms with van der Waals surface area (Å²) in [6.45, 7) is 2.64. The molecule has 1 aromatic carbocycles. The Kier molecular flexibility index (Phi) is 6.43. The van der Waals surface area contributed by atoms with Crippen molar-refractivity contribution in [2.75, 3.05) is 18.9 Å². The molecule has 0 aliphatic heterocycles. The second-order valence-corrected chi connectivity index (χ2v) is 4.18. The summed E-state index contributed by atoms with van der Waals surface area (Å²) in [4.78, 5) is 22.7. The van der Waals surface area contributed by atoms with Gasteiger partial charge in [0.25, 0.3) is 0 Å². The zero-order chi connectivity index (χ0) is 14.1. The van der Waals surface area contributed by atoms with E-state index in [2.05, 4.69) is 5.32 Å². The van der Waals surface area contributed by atoms with Gasteiger partial charge in [-0.15, -0.1) is 0 Å². The van der Waals surface area contributed by atoms with E-state index in [1.54, 1.807) is 19.1 Å². The molecule has 0 heterocycles. The van der Waals surface area contributed by atoms with Gasteiger partial charge in [-0.2, -0.15) is 0 Å². The predicted molar refractivity (Wildman–Crippen MR) is 73.4 cm³/mol. The first-order valence-electron chi connectivity index (χ1n) is 6.38. The summed E-state index contributed by atoms with van der Waals surface area (Å²) in [5, 5.41) is 2.77. The number of nitrogen functional groups attached to an aromatic ring is 1. The molecule has 5 heteroatoms. The monoisotopic (exact) mass is 264 g/mol. The van der Waals surface area contributed by atoms with Gasteiger partial charge < -0.3 is 15.8 Å². The molecule has 0 aliphatic rings. The Morgan fingerprint density at radius 3 is 2.58 bits per heavy atom. The Hall–Kier alpha value is -2.04. The first-order valence-corrected chi connectivity index (χ1v) is 6.38. The molecule has 0 aromatic heterocycles. The maximum atomic E-state index is 11.6. The van der Waals surface area contributed by atoms with Crippen LogP contribution in [0.15, 0.2) is 24.3 Å². The number of amides is 1. The van der Waals surface area contributed by atoms with Crippen molar-refractivity contribution in [1.29, 1.82) is 0 Å². The van der Waals surface area contributed by atoms with E-state index in [1.807, 2.05) is 12.1 Å². The fraction of sp³-hybridized carbons (Fsp3) is 0.429. The highest BCUT2D eigenvalue weighted by molar-refractivity contribution is 5.78. The minimum absolute atomic E-state index is 0.0615. The van der Waals surface area contributed by atoms with Gasteiger partial charge in [0.05, 0.1) is 13.0 Å². The first kappa shape index (κ1) is 15.0. The first-order chi connectivity index (χ1) is 9.11. The van der Waals surface area contributed by atoms with E-state index >= 15 is 0 Å². The number of benzene rings is 1. The highest BCUT2D eigenvalue weighted by Gasteiger charge is 2.04. The van der Waals surface area contributed by atoms with Gasteiger partial charge in [0.15, 0.2) is 0 Å². The summed E-state index contributed by atoms with van der Waals surface area (Å²) < 4.78 is 4.79. The molecule has 3 N–H and O–H groups in total. The zero-order valence-corrected chi connectivity index (χ0v) is 11.1. The highest BCUT2D eigenvalue weighted by Crippen LogP contribution is 2.05. The number of ether oxygens (including phenoxy) is 1. The molecular weight excluding hydrogens is 244 g/mol. The van der Waals surface area contributed by atoms with Crippen molar-refractivity contribution in [1.82, 2.24) is 5.32 Å². The molecular formula is C14H20N2O3. The van der Waals surface area contributed by atoms with Crippen LogP contribution in [0.1, 0.15) is 25.3 Å². The summed E-state index contributed by atoms with van der Waals surface area (Å²) in [7, 11) is 0. The van der Waals surface area contributed by atoms with E-state index in [1.165, 1.54) is 0 Å². The van der Waals surface area contributed by atoms with E-state index in [9.17, 15) is 9.59 Å². The number of nitrogens with one attached hydrogen (secondary N) is 1. The fourth-order valence-electron chi connectivity index (χ4n) is 1.58. The molecule has 1 amide bonds. The van der Waals surface area contributed by atoms with Crippen molar-refractivity contribution in [3.05, 3.63) is 29.8 Å². The van der Waals surface area contributed by atoms with E-state index in [-0.39, 0.29) is 11.9 Å². The lowest BCUT2D eigenvalue weighted by Crippen LogP contribution is -2.26. The van der Waals surface area contributed by atoms with E-state index < -0.39 is 0 Å². The lowest BCUT2D eigenvalue weighted by atomic mass is 10.1. The smallest absolute Gasteiger partial charge is 0.305 e. The number of hydrogen-bond donors (Lipinski definition) is 2. The van der Waals surface area contributed by atoms with Crippen molar-refractivity contribution < 1.29 is 14.3 Å². The van der Waals surface area contributed by atoms with Crippen LogP contribution in [-0.4, -0.2) is 25.0 Å². The lowest BCUT2D eigenvalue weighted by molar-refractivity contribution is -0.143. The van der Waals surface area contributed by atoms with Crippen LogP contribution in [0, 0.1) is 0 Å². The number of hydrogen-bond acceptors (Lipinski definition) is 4. The third kappa shape index (κ3) is 6.45. The van der Waals surface area contributed by atoms with Gasteiger partial charge in [0.2, 0.25) is 5.91 Å². The van der Waals surface area contributed by atoms with Crippen molar-refractivity contribution in [3.63, 3.8) is 0 Å². The Labute approximate surface area is 113 Å². The van der Waals surface area contributed by atoms with Gasteiger partial charge >= 0.3 is 5.97 Å². The quantitative estimate of drug-likeness (QED) is 0.441. The summed E-state index contributed by atoms with van der Waals surface area (Å²) in [6, 6.07) is 7.19. The van der Waals surface area contributed by atoms with Gasteiger partial charge in [-0.25, -0.2) is 0 Å². The molecule has 0 saturated heterocycles. The maximum Gasteiger partial charge on any atom is 0.305 e. The van der Waals surface area contributed by atoms with Crippen LogP contribution in [-0.2, 0) is 20.7 Å². The van der Waals surface area contributed by atoms with Crippen molar-refractivity contribution >= 4 is 17.6 Å². The molecule has 0 saturated carbocycles. The van der Waals surface area contributed by atoms with E-state index in [0.29, 0.717) is 38.1 Å². The van der Waals surface area contributed by atoms with Crippen LogP contribution in [0.4, 0.5) is 5.69 Å². The third-order valence-corrected chi connectivity index (χ3v) is 2.53. The number of carbonyl (C=O) groups is 2. The summed E-state index contributed by atoms with van der Waals surface area (Å²) in [6.07, 6.45) is 1.24. The van der Waals surface area contributed by atoms with Crippen LogP contribution < -0.4 is 11.1 Å². The molecule has 0 aliphatic carbocycles. The van der Waals surface area contributed by atoms with Crippen molar-refractivity contribution in [2.24, 2.45) is 0 Å². The Morgan fingerprint density at radius 1 is 1.26 bits per heavy atom. The molecule has 1 rings (SSSR count). The lowest BCUT2D eigenvalue weighted by Gasteiger charge is -2.05. The van der Waals surface area contributed by atoms with Crippen molar-refractivity contribution in [2.45, 2.75) is 26.2 Å². The molecule has 19 heavy (non-hydrogen) atoms. The predicted octanol–water partition coefficient (Wildman–Crippen LogP) is 1.27. The minimum Gasteiger partial charge on any atom is -0.466 e. The minimum atomic E-state index is -0.227. The second-order valence-electron chi connectivity index (χ2n) is 4.18. The number of carbonyl (C=O) groups excluding carboxylic acids is 2. The second kappa shape index (κ2) is 8.13. The number of nitrogens with two attached hydrogens (primary N) is 1. The average Bonchev–Trinajstić information content (AvgIpc) is 2.38. The molecule has 0 unspecified atom stereocenters. The van der Waals surface area contributed by atoms with Crippen LogP contribution in [0.5, 0.6) is 0 Å². The van der Waals surface area contributed by atoms with E-state index in [0.717, 1.165) is 5.56 Å². The van der Waals surface area contributed by atoms with Gasteiger partial charge in [-0.05, 0) is 31.0 Å². The number of esters is 1. The molecule has 0 spiro atoms. The van der Waals surface area contributed by atoms with Gasteiger partial charge in [0.1, 0.15) is 0 Å². The van der Waals surface area contributed by atoms with E-state index in [4.69, 9.17) is 10.5 Å². The topological polar surface area (TPSA) is 81.4 Å². The van der Waals surface area contributed by atoms with Crippen LogP contribution in [0.3, 0.4) is 0 Å². The Morgan fingerprint density at radius 2 is 1.95 bits per heavy atom. The van der Waals surface area contributed by atoms with Crippen LogP contribution >= 0.6 is 0 Å². The Balaban J connectivity index is 2.18. The molecule has 0 radical (unpaired) electrons. The van der Waals surface area contributed by atoms with Gasteiger partial charge in [0, 0.05) is 18.7 Å². The summed E-state index contributed by atoms with van der Waals surface area (Å²) in [5.74, 6) is -0.288. The number of anilines is 1. The maximum absolute atomic E-state index is 11.6. The molecule has 104 valence electrons. The molecule has 0 fully saturated rings. The van der Waals surface area contributed by atoms with Crippen LogP contribution in [0.2, 0.25) is 0 Å². The average molecular weight is 264 g/mol. The molecule has 5 nitrogen and oxygen atoms in total.